The molecule has 2 unspecified atom stereocenters. The number of thioether (sulfide) groups is 1. The van der Waals surface area contributed by atoms with Crippen LogP contribution in [0.1, 0.15) is 13.3 Å². The van der Waals surface area contributed by atoms with E-state index in [1.165, 1.54) is 18.9 Å². The summed E-state index contributed by atoms with van der Waals surface area (Å²) < 4.78 is 15.7. The molecule has 0 saturated carbocycles. The molecule has 0 bridgehead atoms. The first kappa shape index (κ1) is 15.7. The fourth-order valence-electron chi connectivity index (χ4n) is 1.88. The number of carbonyl (C=O) groups is 2. The van der Waals surface area contributed by atoms with Crippen LogP contribution in [0.15, 0.2) is 30.3 Å². The van der Waals surface area contributed by atoms with Gasteiger partial charge in [0, 0.05) is 5.75 Å². The molecule has 114 valence electrons. The van der Waals surface area contributed by atoms with Crippen molar-refractivity contribution in [3.63, 3.8) is 0 Å². The summed E-state index contributed by atoms with van der Waals surface area (Å²) in [5, 5.41) is -0.498. The van der Waals surface area contributed by atoms with Crippen molar-refractivity contribution in [2.24, 2.45) is 0 Å². The van der Waals surface area contributed by atoms with E-state index >= 15 is 0 Å². The van der Waals surface area contributed by atoms with E-state index in [1.54, 1.807) is 0 Å². The van der Waals surface area contributed by atoms with Gasteiger partial charge in [0.05, 0.1) is 13.5 Å². The van der Waals surface area contributed by atoms with Gasteiger partial charge in [0.1, 0.15) is 17.6 Å². The molecule has 0 radical (unpaired) electrons. The largest absolute Gasteiger partial charge is 0.489 e. The second kappa shape index (κ2) is 6.85. The summed E-state index contributed by atoms with van der Waals surface area (Å²) in [6.07, 6.45) is 0.0373. The number of rotatable bonds is 5. The Bertz CT molecular complexity index is 504. The first-order valence-electron chi connectivity index (χ1n) is 6.61. The van der Waals surface area contributed by atoms with Crippen molar-refractivity contribution in [2.45, 2.75) is 24.2 Å². The molecule has 5 nitrogen and oxygen atoms in total. The normalized spacial score (nSPS) is 25.0. The third-order valence-electron chi connectivity index (χ3n) is 3.07. The van der Waals surface area contributed by atoms with Crippen LogP contribution in [0.25, 0.3) is 0 Å². The number of carbonyl (C=O) groups excluding carboxylic acids is 2. The van der Waals surface area contributed by atoms with Crippen LogP contribution in [-0.4, -0.2) is 42.3 Å². The summed E-state index contributed by atoms with van der Waals surface area (Å²) in [5.41, 5.74) is -0.690. The molecule has 0 aliphatic carbocycles. The van der Waals surface area contributed by atoms with Gasteiger partial charge in [-0.05, 0) is 19.1 Å². The zero-order valence-corrected chi connectivity index (χ0v) is 12.9. The zero-order chi connectivity index (χ0) is 15.3. The van der Waals surface area contributed by atoms with Gasteiger partial charge in [0.15, 0.2) is 5.60 Å². The number of hydrogen-bond acceptors (Lipinski definition) is 6. The van der Waals surface area contributed by atoms with E-state index in [0.717, 1.165) is 5.75 Å². The molecular formula is C15H18O5S. The molecule has 0 amide bonds. The highest BCUT2D eigenvalue weighted by molar-refractivity contribution is 8.00. The topological polar surface area (TPSA) is 61.8 Å². The van der Waals surface area contributed by atoms with Crippen molar-refractivity contribution < 1.29 is 23.8 Å². The molecule has 6 heteroatoms. The Morgan fingerprint density at radius 2 is 2.14 bits per heavy atom. The van der Waals surface area contributed by atoms with Gasteiger partial charge >= 0.3 is 11.9 Å². The maximum Gasteiger partial charge on any atom is 0.320 e. The molecule has 0 spiro atoms. The highest BCUT2D eigenvalue weighted by Crippen LogP contribution is 2.31. The number of benzene rings is 1. The van der Waals surface area contributed by atoms with Crippen molar-refractivity contribution in [1.82, 2.24) is 0 Å². The van der Waals surface area contributed by atoms with Crippen molar-refractivity contribution in [2.75, 3.05) is 19.5 Å². The lowest BCUT2D eigenvalue weighted by Crippen LogP contribution is -2.47. The standard InChI is InChI=1S/C15H18O5S/c1-15(9-19-11-6-4-3-5-7-11)10-21-12(14(17)20-15)8-13(16)18-2/h3-7,12H,8-10H2,1-2H3. The fraction of sp³-hybridized carbons (Fsp3) is 0.467. The monoisotopic (exact) mass is 310 g/mol. The third-order valence-corrected chi connectivity index (χ3v) is 4.61. The van der Waals surface area contributed by atoms with Gasteiger partial charge < -0.3 is 14.2 Å². The van der Waals surface area contributed by atoms with Gasteiger partial charge in [-0.25, -0.2) is 0 Å². The SMILES string of the molecule is COC(=O)CC1SCC(C)(COc2ccccc2)OC1=O. The van der Waals surface area contributed by atoms with E-state index in [1.807, 2.05) is 37.3 Å². The quantitative estimate of drug-likeness (QED) is 0.776. The van der Waals surface area contributed by atoms with Gasteiger partial charge in [-0.1, -0.05) is 18.2 Å². The molecule has 1 aromatic carbocycles. The molecule has 2 atom stereocenters. The molecule has 1 aliphatic heterocycles. The Balaban J connectivity index is 1.88. The van der Waals surface area contributed by atoms with Crippen LogP contribution >= 0.6 is 11.8 Å². The number of cyclic esters (lactones) is 1. The van der Waals surface area contributed by atoms with Gasteiger partial charge in [-0.15, -0.1) is 11.8 Å². The first-order valence-corrected chi connectivity index (χ1v) is 7.66. The molecule has 1 fully saturated rings. The molecule has 0 N–H and O–H groups in total. The Morgan fingerprint density at radius 3 is 2.76 bits per heavy atom. The molecule has 0 aromatic heterocycles. The van der Waals surface area contributed by atoms with E-state index in [4.69, 9.17) is 9.47 Å². The van der Waals surface area contributed by atoms with Crippen molar-refractivity contribution in [1.29, 1.82) is 0 Å². The van der Waals surface area contributed by atoms with Crippen molar-refractivity contribution >= 4 is 23.7 Å². The lowest BCUT2D eigenvalue weighted by atomic mass is 10.1. The van der Waals surface area contributed by atoms with Crippen LogP contribution in [0.5, 0.6) is 5.75 Å². The second-order valence-electron chi connectivity index (χ2n) is 5.05. The smallest absolute Gasteiger partial charge is 0.320 e. The molecule has 1 saturated heterocycles. The highest BCUT2D eigenvalue weighted by atomic mass is 32.2. The number of hydrogen-bond donors (Lipinski definition) is 0. The van der Waals surface area contributed by atoms with Crippen molar-refractivity contribution in [3.8, 4) is 5.75 Å². The summed E-state index contributed by atoms with van der Waals surface area (Å²) in [7, 11) is 1.30. The van der Waals surface area contributed by atoms with Crippen LogP contribution in [0.2, 0.25) is 0 Å². The molecule has 1 aliphatic rings. The summed E-state index contributed by atoms with van der Waals surface area (Å²) in [6.45, 7) is 2.11. The Labute approximate surface area is 127 Å². The summed E-state index contributed by atoms with van der Waals surface area (Å²) in [5.74, 6) is 0.508. The van der Waals surface area contributed by atoms with Crippen LogP contribution in [0.4, 0.5) is 0 Å². The maximum atomic E-state index is 12.0. The van der Waals surface area contributed by atoms with E-state index in [9.17, 15) is 9.59 Å². The van der Waals surface area contributed by atoms with Crippen LogP contribution in [-0.2, 0) is 19.1 Å². The lowest BCUT2D eigenvalue weighted by molar-refractivity contribution is -0.161. The number of esters is 2. The molecule has 21 heavy (non-hydrogen) atoms. The van der Waals surface area contributed by atoms with E-state index in [2.05, 4.69) is 4.74 Å². The van der Waals surface area contributed by atoms with Crippen LogP contribution < -0.4 is 4.74 Å². The zero-order valence-electron chi connectivity index (χ0n) is 12.0. The fourth-order valence-corrected chi connectivity index (χ4v) is 3.02. The lowest BCUT2D eigenvalue weighted by Gasteiger charge is -2.35. The number of ether oxygens (including phenoxy) is 3. The van der Waals surface area contributed by atoms with E-state index in [-0.39, 0.29) is 13.0 Å². The second-order valence-corrected chi connectivity index (χ2v) is 6.24. The summed E-state index contributed by atoms with van der Waals surface area (Å²) >= 11 is 1.40. The Kier molecular flexibility index (Phi) is 5.12. The predicted molar refractivity (Wildman–Crippen MR) is 79.3 cm³/mol. The molecule has 1 heterocycles. The minimum Gasteiger partial charge on any atom is -0.489 e. The van der Waals surface area contributed by atoms with Crippen LogP contribution in [0.3, 0.4) is 0 Å². The predicted octanol–water partition coefficient (Wildman–Crippen LogP) is 2.05. The van der Waals surface area contributed by atoms with E-state index in [0.29, 0.717) is 5.75 Å². The number of methoxy groups -OCH3 is 1. The molecule has 1 aromatic rings. The maximum absolute atomic E-state index is 12.0. The van der Waals surface area contributed by atoms with Gasteiger partial charge in [0.2, 0.25) is 0 Å². The highest BCUT2D eigenvalue weighted by Gasteiger charge is 2.40. The minimum atomic E-state index is -0.690. The Morgan fingerprint density at radius 1 is 1.43 bits per heavy atom. The molecule has 2 rings (SSSR count). The average Bonchev–Trinajstić information content (AvgIpc) is 2.49. The van der Waals surface area contributed by atoms with Gasteiger partial charge in [0.25, 0.3) is 0 Å². The molecular weight excluding hydrogens is 292 g/mol. The number of para-hydroxylation sites is 1. The van der Waals surface area contributed by atoms with Gasteiger partial charge in [-0.3, -0.25) is 9.59 Å². The first-order chi connectivity index (χ1) is 10.0. The summed E-state index contributed by atoms with van der Waals surface area (Å²) in [4.78, 5) is 23.2. The Hall–Kier alpha value is -1.69. The third kappa shape index (κ3) is 4.39. The van der Waals surface area contributed by atoms with Crippen molar-refractivity contribution in [3.05, 3.63) is 30.3 Å². The van der Waals surface area contributed by atoms with E-state index < -0.39 is 22.8 Å². The average molecular weight is 310 g/mol. The van der Waals surface area contributed by atoms with Crippen LogP contribution in [0, 0.1) is 0 Å². The minimum absolute atomic E-state index is 0.0373. The van der Waals surface area contributed by atoms with Gasteiger partial charge in [-0.2, -0.15) is 0 Å². The summed E-state index contributed by atoms with van der Waals surface area (Å²) in [6, 6.07) is 9.36.